The Morgan fingerprint density at radius 2 is 1.67 bits per heavy atom. The van der Waals surface area contributed by atoms with Crippen LogP contribution in [0.4, 0.5) is 0 Å². The van der Waals surface area contributed by atoms with E-state index in [1.165, 1.54) is 25.7 Å². The smallest absolute Gasteiger partial charge is 0.183 e. The van der Waals surface area contributed by atoms with E-state index in [1.807, 2.05) is 26.8 Å². The van der Waals surface area contributed by atoms with Crippen LogP contribution in [0, 0.1) is 5.41 Å². The molecule has 0 saturated carbocycles. The van der Waals surface area contributed by atoms with Crippen LogP contribution in [0.15, 0.2) is 52.0 Å². The summed E-state index contributed by atoms with van der Waals surface area (Å²) in [5, 5.41) is 44.0. The van der Waals surface area contributed by atoms with Crippen LogP contribution in [0.25, 0.3) is 0 Å². The van der Waals surface area contributed by atoms with Gasteiger partial charge in [0.1, 0.15) is 39.9 Å². The van der Waals surface area contributed by atoms with Gasteiger partial charge in [0.25, 0.3) is 0 Å². The first kappa shape index (κ1) is 31.4. The average Bonchev–Trinajstić information content (AvgIpc) is 2.85. The predicted octanol–water partition coefficient (Wildman–Crippen LogP) is 6.52. The van der Waals surface area contributed by atoms with Gasteiger partial charge in [-0.25, -0.2) is 0 Å². The van der Waals surface area contributed by atoms with Crippen molar-refractivity contribution in [1.82, 2.24) is 0 Å². The van der Waals surface area contributed by atoms with Gasteiger partial charge < -0.3 is 25.2 Å². The average molecular weight is 541 g/mol. The van der Waals surface area contributed by atoms with E-state index in [4.69, 9.17) is 4.74 Å². The lowest BCUT2D eigenvalue weighted by Gasteiger charge is -2.33. The molecule has 0 unspecified atom stereocenters. The predicted molar refractivity (Wildman–Crippen MR) is 149 cm³/mol. The number of methoxy groups -OCH3 is 1. The van der Waals surface area contributed by atoms with Crippen molar-refractivity contribution in [3.8, 4) is 17.2 Å². The molecule has 0 amide bonds. The lowest BCUT2D eigenvalue weighted by Crippen LogP contribution is -2.38. The van der Waals surface area contributed by atoms with Crippen LogP contribution in [-0.2, 0) is 16.0 Å². The summed E-state index contributed by atoms with van der Waals surface area (Å²) < 4.78 is 5.19. The summed E-state index contributed by atoms with van der Waals surface area (Å²) in [5.74, 6) is -4.02. The molecule has 0 fully saturated rings. The summed E-state index contributed by atoms with van der Waals surface area (Å²) >= 11 is 0. The van der Waals surface area contributed by atoms with Gasteiger partial charge in [-0.3, -0.25) is 14.4 Å². The molecule has 0 aromatic heterocycles. The van der Waals surface area contributed by atoms with Gasteiger partial charge in [0.05, 0.1) is 12.5 Å². The molecule has 1 atom stereocenters. The minimum absolute atomic E-state index is 0.0213. The zero-order valence-electron chi connectivity index (χ0n) is 23.9. The summed E-state index contributed by atoms with van der Waals surface area (Å²) in [5.41, 5.74) is -0.331. The maximum absolute atomic E-state index is 13.4. The van der Waals surface area contributed by atoms with Crippen LogP contribution >= 0.6 is 0 Å². The van der Waals surface area contributed by atoms with Crippen molar-refractivity contribution in [2.75, 3.05) is 7.11 Å². The molecule has 1 aliphatic carbocycles. The molecular weight excluding hydrogens is 500 g/mol. The first-order chi connectivity index (χ1) is 18.2. The van der Waals surface area contributed by atoms with E-state index in [0.29, 0.717) is 6.42 Å². The zero-order chi connectivity index (χ0) is 29.7. The van der Waals surface area contributed by atoms with E-state index >= 15 is 0 Å². The fourth-order valence-corrected chi connectivity index (χ4v) is 4.65. The second-order valence-electron chi connectivity index (χ2n) is 10.5. The van der Waals surface area contributed by atoms with Gasteiger partial charge in [0.2, 0.25) is 0 Å². The van der Waals surface area contributed by atoms with Crippen molar-refractivity contribution in [2.24, 2.45) is 5.41 Å². The van der Waals surface area contributed by atoms with E-state index in [2.05, 4.69) is 6.08 Å². The number of allylic oxidation sites excluding steroid dienone is 7. The molecule has 0 bridgehead atoms. The number of carbonyl (C=O) groups excluding carboxylic acids is 3. The molecular formula is C31H40O8. The Kier molecular flexibility index (Phi) is 10.3. The van der Waals surface area contributed by atoms with Crippen molar-refractivity contribution in [3.63, 3.8) is 0 Å². The first-order valence-electron chi connectivity index (χ1n) is 13.1. The van der Waals surface area contributed by atoms with Crippen LogP contribution in [0.5, 0.6) is 17.2 Å². The molecule has 0 radical (unpaired) electrons. The van der Waals surface area contributed by atoms with Crippen molar-refractivity contribution in [2.45, 2.75) is 80.1 Å². The normalized spacial score (nSPS) is 17.9. The lowest BCUT2D eigenvalue weighted by atomic mass is 9.70. The van der Waals surface area contributed by atoms with Crippen molar-refractivity contribution in [1.29, 1.82) is 0 Å². The minimum atomic E-state index is -1.57. The van der Waals surface area contributed by atoms with Crippen LogP contribution in [-0.4, -0.2) is 44.9 Å². The number of hydrogen-bond acceptors (Lipinski definition) is 8. The van der Waals surface area contributed by atoms with Crippen molar-refractivity contribution >= 4 is 17.3 Å². The number of carbonyl (C=O) groups is 3. The summed E-state index contributed by atoms with van der Waals surface area (Å²) in [6, 6.07) is 1.17. The number of ether oxygens (including phenoxy) is 1. The number of benzene rings is 1. The quantitative estimate of drug-likeness (QED) is 0.133. The highest BCUT2D eigenvalue weighted by Gasteiger charge is 2.47. The van der Waals surface area contributed by atoms with E-state index in [-0.39, 0.29) is 35.3 Å². The Bertz CT molecular complexity index is 1290. The minimum Gasteiger partial charge on any atom is -0.511 e. The molecule has 1 aromatic carbocycles. The van der Waals surface area contributed by atoms with Gasteiger partial charge in [0.15, 0.2) is 17.3 Å². The number of ketones is 3. The first-order valence-corrected chi connectivity index (χ1v) is 13.1. The van der Waals surface area contributed by atoms with Crippen molar-refractivity contribution in [3.05, 3.63) is 63.2 Å². The second-order valence-corrected chi connectivity index (χ2v) is 10.5. The molecule has 0 spiro atoms. The second kappa shape index (κ2) is 12.8. The fraction of sp³-hybridized carbons (Fsp3) is 0.452. The number of aromatic hydroxyl groups is 2. The maximum atomic E-state index is 13.4. The summed E-state index contributed by atoms with van der Waals surface area (Å²) in [7, 11) is 1.30. The Balaban J connectivity index is 2.67. The standard InChI is InChI=1S/C31H40O8/c1-8-10-22(33)26-24(39-7)16-23(34)20(27(26)35)15-21-28(36)25(19(5)32)30(38)31(6,29(21)37)14-13-18(4)12-9-11-17(2)3/h11,13,16,34-37H,8-10,12,14-15H2,1-7H3/b18-13+/t31-/m0/s1. The Morgan fingerprint density at radius 1 is 1.03 bits per heavy atom. The summed E-state index contributed by atoms with van der Waals surface area (Å²) in [4.78, 5) is 38.6. The van der Waals surface area contributed by atoms with E-state index in [9.17, 15) is 34.8 Å². The highest BCUT2D eigenvalue weighted by molar-refractivity contribution is 6.23. The number of aliphatic hydroxyl groups is 2. The highest BCUT2D eigenvalue weighted by atomic mass is 16.5. The number of rotatable bonds is 12. The summed E-state index contributed by atoms with van der Waals surface area (Å²) in [6.45, 7) is 10.4. The van der Waals surface area contributed by atoms with Crippen LogP contribution in [0.2, 0.25) is 0 Å². The molecule has 0 heterocycles. The van der Waals surface area contributed by atoms with E-state index < -0.39 is 57.8 Å². The molecule has 4 N–H and O–H groups in total. The Hall–Kier alpha value is -3.81. The SMILES string of the molecule is CCCC(=O)c1c(OC)cc(O)c(CC2=C(O)[C@](C)(C/C=C(\C)CCC=C(C)C)C(=O)C(C(C)=O)=C2O)c1O. The van der Waals surface area contributed by atoms with Crippen LogP contribution < -0.4 is 4.74 Å². The highest BCUT2D eigenvalue weighted by Crippen LogP contribution is 2.46. The van der Waals surface area contributed by atoms with Gasteiger partial charge in [-0.15, -0.1) is 0 Å². The zero-order valence-corrected chi connectivity index (χ0v) is 23.9. The largest absolute Gasteiger partial charge is 0.511 e. The Labute approximate surface area is 230 Å². The van der Waals surface area contributed by atoms with Crippen LogP contribution in [0.3, 0.4) is 0 Å². The number of hydrogen-bond donors (Lipinski definition) is 4. The van der Waals surface area contributed by atoms with Gasteiger partial charge in [-0.1, -0.05) is 30.2 Å². The monoisotopic (exact) mass is 540 g/mol. The molecule has 0 saturated heterocycles. The molecule has 1 aromatic rings. The third-order valence-electron chi connectivity index (χ3n) is 7.04. The topological polar surface area (TPSA) is 141 Å². The summed E-state index contributed by atoms with van der Waals surface area (Å²) in [6.07, 6.45) is 5.73. The Morgan fingerprint density at radius 3 is 2.21 bits per heavy atom. The van der Waals surface area contributed by atoms with Gasteiger partial charge in [0, 0.05) is 30.0 Å². The molecule has 2 rings (SSSR count). The van der Waals surface area contributed by atoms with Gasteiger partial charge in [-0.2, -0.15) is 0 Å². The van der Waals surface area contributed by atoms with E-state index in [1.54, 1.807) is 6.92 Å². The number of Topliss-reactive ketones (excluding diaryl/α,β-unsaturated/α-hetero) is 3. The molecule has 212 valence electrons. The number of phenolic OH excluding ortho intramolecular Hbond substituents is 2. The third-order valence-corrected chi connectivity index (χ3v) is 7.04. The lowest BCUT2D eigenvalue weighted by molar-refractivity contribution is -0.127. The van der Waals surface area contributed by atoms with Crippen LogP contribution in [0.1, 0.15) is 89.6 Å². The number of phenols is 2. The maximum Gasteiger partial charge on any atom is 0.183 e. The number of aliphatic hydroxyl groups excluding tert-OH is 2. The fourth-order valence-electron chi connectivity index (χ4n) is 4.65. The van der Waals surface area contributed by atoms with E-state index in [0.717, 1.165) is 25.3 Å². The molecule has 0 aliphatic heterocycles. The van der Waals surface area contributed by atoms with Crippen molar-refractivity contribution < 1.29 is 39.5 Å². The molecule has 8 heteroatoms. The molecule has 39 heavy (non-hydrogen) atoms. The van der Waals surface area contributed by atoms with Gasteiger partial charge in [-0.05, 0) is 60.3 Å². The third kappa shape index (κ3) is 6.61. The molecule has 1 aliphatic rings. The van der Waals surface area contributed by atoms with Gasteiger partial charge >= 0.3 is 0 Å². The molecule has 8 nitrogen and oxygen atoms in total.